The molecule has 0 aliphatic carbocycles. The van der Waals surface area contributed by atoms with E-state index in [9.17, 15) is 14.7 Å². The average Bonchev–Trinajstić information content (AvgIpc) is 3.17. The molecule has 1 N–H and O–H groups in total. The highest BCUT2D eigenvalue weighted by atomic mass is 16.3. The van der Waals surface area contributed by atoms with Gasteiger partial charge >= 0.3 is 0 Å². The number of amides is 1. The van der Waals surface area contributed by atoms with Gasteiger partial charge in [-0.05, 0) is 37.6 Å². The van der Waals surface area contributed by atoms with Crippen LogP contribution in [-0.2, 0) is 13.6 Å². The predicted octanol–water partition coefficient (Wildman–Crippen LogP) is 2.85. The molecule has 0 aliphatic rings. The average molecular weight is 368 g/mol. The molecule has 2 aromatic heterocycles. The molecule has 6 heteroatoms. The number of aromatic nitrogens is 1. The zero-order valence-corrected chi connectivity index (χ0v) is 15.8. The molecule has 0 fully saturated rings. The van der Waals surface area contributed by atoms with E-state index in [0.717, 1.165) is 11.1 Å². The third-order valence-corrected chi connectivity index (χ3v) is 4.86. The molecule has 0 aliphatic heterocycles. The lowest BCUT2D eigenvalue weighted by Gasteiger charge is -2.29. The lowest BCUT2D eigenvalue weighted by atomic mass is 10.1. The van der Waals surface area contributed by atoms with Gasteiger partial charge in [0.05, 0.1) is 31.0 Å². The van der Waals surface area contributed by atoms with E-state index in [0.29, 0.717) is 17.6 Å². The van der Waals surface area contributed by atoms with E-state index in [1.807, 2.05) is 33.0 Å². The van der Waals surface area contributed by atoms with Crippen LogP contribution in [0.5, 0.6) is 0 Å². The molecule has 1 amide bonds. The number of aliphatic hydroxyl groups is 1. The molecular formula is C21H24N2O4. The lowest BCUT2D eigenvalue weighted by molar-refractivity contribution is 0.0543. The number of carbonyl (C=O) groups is 1. The molecule has 2 heterocycles. The monoisotopic (exact) mass is 368 g/mol. The molecule has 0 bridgehead atoms. The highest BCUT2D eigenvalue weighted by Gasteiger charge is 2.27. The van der Waals surface area contributed by atoms with Crippen LogP contribution in [0.2, 0.25) is 0 Å². The molecular weight excluding hydrogens is 344 g/mol. The SMILES string of the molecule is CC[C@@H](CO)N(Cc1ccco1)C(=O)c1cn(C)c2ccc(C)cc2c1=O. The van der Waals surface area contributed by atoms with E-state index in [4.69, 9.17) is 4.42 Å². The van der Waals surface area contributed by atoms with Crippen LogP contribution in [0.25, 0.3) is 10.9 Å². The first-order valence-electron chi connectivity index (χ1n) is 9.00. The number of aliphatic hydroxyl groups excluding tert-OH is 1. The minimum atomic E-state index is -0.406. The summed E-state index contributed by atoms with van der Waals surface area (Å²) in [5.41, 5.74) is 1.52. The van der Waals surface area contributed by atoms with Gasteiger partial charge in [-0.2, -0.15) is 0 Å². The van der Waals surface area contributed by atoms with Crippen molar-refractivity contribution in [3.63, 3.8) is 0 Å². The Hall–Kier alpha value is -2.86. The summed E-state index contributed by atoms with van der Waals surface area (Å²) in [4.78, 5) is 27.8. The Morgan fingerprint density at radius 2 is 2.11 bits per heavy atom. The molecule has 27 heavy (non-hydrogen) atoms. The standard InChI is InChI=1S/C21H24N2O4/c1-4-15(13-24)23(11-16-6-5-9-27-16)21(26)18-12-22(3)19-8-7-14(2)10-17(19)20(18)25/h5-10,12,15,24H,4,11,13H2,1-3H3/t15-/m0/s1. The van der Waals surface area contributed by atoms with E-state index in [1.165, 1.54) is 11.2 Å². The molecule has 0 spiro atoms. The van der Waals surface area contributed by atoms with Crippen LogP contribution in [0, 0.1) is 6.92 Å². The lowest BCUT2D eigenvalue weighted by Crippen LogP contribution is -2.43. The number of rotatable bonds is 6. The van der Waals surface area contributed by atoms with Crippen molar-refractivity contribution < 1.29 is 14.3 Å². The maximum Gasteiger partial charge on any atom is 0.260 e. The van der Waals surface area contributed by atoms with Crippen LogP contribution in [0.15, 0.2) is 52.0 Å². The van der Waals surface area contributed by atoms with Crippen LogP contribution in [0.4, 0.5) is 0 Å². The first-order valence-corrected chi connectivity index (χ1v) is 9.00. The molecule has 3 aromatic rings. The normalized spacial score (nSPS) is 12.3. The quantitative estimate of drug-likeness (QED) is 0.726. The fourth-order valence-electron chi connectivity index (χ4n) is 3.30. The number of aryl methyl sites for hydroxylation is 2. The summed E-state index contributed by atoms with van der Waals surface area (Å²) in [6.07, 6.45) is 3.67. The Morgan fingerprint density at radius 3 is 2.74 bits per heavy atom. The van der Waals surface area contributed by atoms with Crippen molar-refractivity contribution in [1.29, 1.82) is 0 Å². The summed E-state index contributed by atoms with van der Waals surface area (Å²) >= 11 is 0. The van der Waals surface area contributed by atoms with Crippen molar-refractivity contribution >= 4 is 16.8 Å². The van der Waals surface area contributed by atoms with Crippen LogP contribution < -0.4 is 5.43 Å². The summed E-state index contributed by atoms with van der Waals surface area (Å²) in [6, 6.07) is 8.73. The molecule has 6 nitrogen and oxygen atoms in total. The van der Waals surface area contributed by atoms with Gasteiger partial charge in [-0.15, -0.1) is 0 Å². The third kappa shape index (κ3) is 3.66. The summed E-state index contributed by atoms with van der Waals surface area (Å²) < 4.78 is 7.16. The van der Waals surface area contributed by atoms with Gasteiger partial charge in [0.2, 0.25) is 5.43 Å². The Labute approximate surface area is 157 Å². The number of hydrogen-bond acceptors (Lipinski definition) is 4. The van der Waals surface area contributed by atoms with Gasteiger partial charge in [0, 0.05) is 18.6 Å². The molecule has 0 saturated heterocycles. The Morgan fingerprint density at radius 1 is 1.33 bits per heavy atom. The smallest absolute Gasteiger partial charge is 0.260 e. The molecule has 1 aromatic carbocycles. The first kappa shape index (κ1) is 18.9. The Balaban J connectivity index is 2.10. The van der Waals surface area contributed by atoms with Gasteiger partial charge in [0.15, 0.2) is 0 Å². The van der Waals surface area contributed by atoms with E-state index in [2.05, 4.69) is 0 Å². The Bertz CT molecular complexity index is 1000. The number of furan rings is 1. The largest absolute Gasteiger partial charge is 0.467 e. The molecule has 0 saturated carbocycles. The number of nitrogens with zero attached hydrogens (tertiary/aromatic N) is 2. The van der Waals surface area contributed by atoms with Gasteiger partial charge < -0.3 is 19.0 Å². The van der Waals surface area contributed by atoms with Crippen molar-refractivity contribution in [3.05, 3.63) is 69.9 Å². The second kappa shape index (κ2) is 7.80. The van der Waals surface area contributed by atoms with Crippen LogP contribution in [0.1, 0.15) is 35.0 Å². The van der Waals surface area contributed by atoms with Crippen molar-refractivity contribution in [2.75, 3.05) is 6.61 Å². The van der Waals surface area contributed by atoms with Gasteiger partial charge in [-0.1, -0.05) is 18.6 Å². The van der Waals surface area contributed by atoms with Crippen molar-refractivity contribution in [3.8, 4) is 0 Å². The van der Waals surface area contributed by atoms with Crippen molar-refractivity contribution in [1.82, 2.24) is 9.47 Å². The second-order valence-corrected chi connectivity index (χ2v) is 6.76. The molecule has 3 rings (SSSR count). The summed E-state index contributed by atoms with van der Waals surface area (Å²) in [6.45, 7) is 3.82. The Kier molecular flexibility index (Phi) is 5.46. The van der Waals surface area contributed by atoms with Crippen LogP contribution >= 0.6 is 0 Å². The predicted molar refractivity (Wildman–Crippen MR) is 104 cm³/mol. The minimum absolute atomic E-state index is 0.0917. The van der Waals surface area contributed by atoms with E-state index in [-0.39, 0.29) is 24.1 Å². The molecule has 0 unspecified atom stereocenters. The third-order valence-electron chi connectivity index (χ3n) is 4.86. The van der Waals surface area contributed by atoms with E-state index in [1.54, 1.807) is 29.0 Å². The first-order chi connectivity index (χ1) is 13.0. The van der Waals surface area contributed by atoms with Gasteiger partial charge in [0.25, 0.3) is 5.91 Å². The fraction of sp³-hybridized carbons (Fsp3) is 0.333. The van der Waals surface area contributed by atoms with Gasteiger partial charge in [-0.25, -0.2) is 0 Å². The summed E-state index contributed by atoms with van der Waals surface area (Å²) in [5, 5.41) is 10.3. The maximum atomic E-state index is 13.3. The minimum Gasteiger partial charge on any atom is -0.467 e. The van der Waals surface area contributed by atoms with E-state index < -0.39 is 11.9 Å². The number of pyridine rings is 1. The maximum absolute atomic E-state index is 13.3. The zero-order valence-electron chi connectivity index (χ0n) is 15.8. The van der Waals surface area contributed by atoms with Crippen molar-refractivity contribution in [2.24, 2.45) is 7.05 Å². The van der Waals surface area contributed by atoms with E-state index >= 15 is 0 Å². The number of fused-ring (bicyclic) bond motifs is 1. The zero-order chi connectivity index (χ0) is 19.6. The highest BCUT2D eigenvalue weighted by Crippen LogP contribution is 2.17. The number of carbonyl (C=O) groups excluding carboxylic acids is 1. The fourth-order valence-corrected chi connectivity index (χ4v) is 3.30. The van der Waals surface area contributed by atoms with Crippen LogP contribution in [0.3, 0.4) is 0 Å². The van der Waals surface area contributed by atoms with Crippen LogP contribution in [-0.4, -0.2) is 33.1 Å². The number of hydrogen-bond donors (Lipinski definition) is 1. The second-order valence-electron chi connectivity index (χ2n) is 6.76. The molecule has 0 radical (unpaired) electrons. The summed E-state index contributed by atoms with van der Waals surface area (Å²) in [5.74, 6) is 0.194. The number of benzene rings is 1. The summed E-state index contributed by atoms with van der Waals surface area (Å²) in [7, 11) is 1.81. The van der Waals surface area contributed by atoms with Gasteiger partial charge in [-0.3, -0.25) is 9.59 Å². The topological polar surface area (TPSA) is 75.7 Å². The highest BCUT2D eigenvalue weighted by molar-refractivity contribution is 5.97. The van der Waals surface area contributed by atoms with Crippen molar-refractivity contribution in [2.45, 2.75) is 32.9 Å². The van der Waals surface area contributed by atoms with Gasteiger partial charge in [0.1, 0.15) is 11.3 Å². The molecule has 142 valence electrons. The molecule has 1 atom stereocenters.